The van der Waals surface area contributed by atoms with Crippen molar-refractivity contribution >= 4 is 5.97 Å². The zero-order chi connectivity index (χ0) is 13.3. The van der Waals surface area contributed by atoms with Crippen molar-refractivity contribution in [3.63, 3.8) is 0 Å². The highest BCUT2D eigenvalue weighted by Gasteiger charge is 2.38. The van der Waals surface area contributed by atoms with Crippen molar-refractivity contribution in [1.82, 2.24) is 0 Å². The molecule has 1 aromatic carbocycles. The van der Waals surface area contributed by atoms with Crippen molar-refractivity contribution in [3.8, 4) is 5.75 Å². The minimum absolute atomic E-state index is 0.0903. The molecule has 0 aromatic heterocycles. The molecular formula is C13H16FNO3. The van der Waals surface area contributed by atoms with Gasteiger partial charge in [-0.25, -0.2) is 9.18 Å². The lowest BCUT2D eigenvalue weighted by molar-refractivity contribution is 0.0596. The van der Waals surface area contributed by atoms with Gasteiger partial charge in [-0.3, -0.25) is 0 Å². The molecular weight excluding hydrogens is 237 g/mol. The number of carbonyl (C=O) groups excluding carboxylic acids is 1. The first-order chi connectivity index (χ1) is 8.49. The Morgan fingerprint density at radius 2 is 2.11 bits per heavy atom. The number of benzene rings is 1. The smallest absolute Gasteiger partial charge is 0.341 e. The maximum Gasteiger partial charge on any atom is 0.341 e. The van der Waals surface area contributed by atoms with Crippen LogP contribution in [-0.2, 0) is 11.2 Å². The van der Waals surface area contributed by atoms with Gasteiger partial charge in [0.15, 0.2) is 11.6 Å². The minimum Gasteiger partial charge on any atom is -0.493 e. The maximum atomic E-state index is 13.8. The third kappa shape index (κ3) is 2.46. The fourth-order valence-electron chi connectivity index (χ4n) is 1.96. The van der Waals surface area contributed by atoms with Gasteiger partial charge in [-0.15, -0.1) is 0 Å². The SMILES string of the molecule is COC(=O)c1cc(CC2(N)CC2)cc(F)c1OC. The molecule has 0 bridgehead atoms. The molecule has 1 aliphatic rings. The van der Waals surface area contributed by atoms with E-state index in [9.17, 15) is 9.18 Å². The van der Waals surface area contributed by atoms with Gasteiger partial charge in [0.05, 0.1) is 14.2 Å². The van der Waals surface area contributed by atoms with Crippen LogP contribution >= 0.6 is 0 Å². The molecule has 0 aliphatic heterocycles. The first kappa shape index (κ1) is 12.8. The molecule has 0 unspecified atom stereocenters. The average molecular weight is 253 g/mol. The summed E-state index contributed by atoms with van der Waals surface area (Å²) in [7, 11) is 2.56. The molecule has 1 fully saturated rings. The number of hydrogen-bond donors (Lipinski definition) is 1. The lowest BCUT2D eigenvalue weighted by Gasteiger charge is -2.13. The molecule has 2 rings (SSSR count). The Balaban J connectivity index is 2.38. The third-order valence-electron chi connectivity index (χ3n) is 3.16. The van der Waals surface area contributed by atoms with E-state index < -0.39 is 11.8 Å². The van der Waals surface area contributed by atoms with Gasteiger partial charge in [0.2, 0.25) is 0 Å². The van der Waals surface area contributed by atoms with Crippen LogP contribution in [0.4, 0.5) is 4.39 Å². The number of rotatable bonds is 4. The van der Waals surface area contributed by atoms with Gasteiger partial charge in [0, 0.05) is 5.54 Å². The molecule has 0 radical (unpaired) electrons. The van der Waals surface area contributed by atoms with E-state index in [-0.39, 0.29) is 16.9 Å². The summed E-state index contributed by atoms with van der Waals surface area (Å²) in [5.41, 5.74) is 6.53. The second-order valence-corrected chi connectivity index (χ2v) is 4.69. The number of ether oxygens (including phenoxy) is 2. The van der Waals surface area contributed by atoms with Gasteiger partial charge in [-0.2, -0.15) is 0 Å². The van der Waals surface area contributed by atoms with Crippen molar-refractivity contribution in [2.75, 3.05) is 14.2 Å². The quantitative estimate of drug-likeness (QED) is 0.829. The van der Waals surface area contributed by atoms with Crippen LogP contribution in [0.5, 0.6) is 5.75 Å². The predicted octanol–water partition coefficient (Wildman–Crippen LogP) is 1.65. The molecule has 0 spiro atoms. The van der Waals surface area contributed by atoms with Gasteiger partial charge in [-0.1, -0.05) is 0 Å². The van der Waals surface area contributed by atoms with Crippen molar-refractivity contribution in [3.05, 3.63) is 29.1 Å². The van der Waals surface area contributed by atoms with Crippen LogP contribution in [0.1, 0.15) is 28.8 Å². The molecule has 0 amide bonds. The molecule has 98 valence electrons. The topological polar surface area (TPSA) is 61.5 Å². The highest BCUT2D eigenvalue weighted by atomic mass is 19.1. The third-order valence-corrected chi connectivity index (χ3v) is 3.16. The van der Waals surface area contributed by atoms with E-state index >= 15 is 0 Å². The van der Waals surface area contributed by atoms with Crippen molar-refractivity contribution < 1.29 is 18.7 Å². The molecule has 5 heteroatoms. The molecule has 2 N–H and O–H groups in total. The molecule has 0 saturated heterocycles. The van der Waals surface area contributed by atoms with Crippen LogP contribution < -0.4 is 10.5 Å². The maximum absolute atomic E-state index is 13.8. The number of hydrogen-bond acceptors (Lipinski definition) is 4. The van der Waals surface area contributed by atoms with Crippen LogP contribution in [0.25, 0.3) is 0 Å². The molecule has 1 aromatic rings. The fourth-order valence-corrected chi connectivity index (χ4v) is 1.96. The summed E-state index contributed by atoms with van der Waals surface area (Å²) in [4.78, 5) is 11.6. The van der Waals surface area contributed by atoms with E-state index in [0.29, 0.717) is 12.0 Å². The standard InChI is InChI=1S/C13H16FNO3/c1-17-11-9(12(16)18-2)5-8(6-10(11)14)7-13(15)3-4-13/h5-6H,3-4,7,15H2,1-2H3. The lowest BCUT2D eigenvalue weighted by atomic mass is 10.0. The van der Waals surface area contributed by atoms with Crippen LogP contribution in [-0.4, -0.2) is 25.7 Å². The second-order valence-electron chi connectivity index (χ2n) is 4.69. The largest absolute Gasteiger partial charge is 0.493 e. The summed E-state index contributed by atoms with van der Waals surface area (Å²) in [6.07, 6.45) is 2.40. The average Bonchev–Trinajstić information content (AvgIpc) is 3.05. The highest BCUT2D eigenvalue weighted by Crippen LogP contribution is 2.37. The molecule has 4 nitrogen and oxygen atoms in total. The van der Waals surface area contributed by atoms with Crippen LogP contribution in [0.2, 0.25) is 0 Å². The van der Waals surface area contributed by atoms with E-state index in [4.69, 9.17) is 10.5 Å². The summed E-state index contributed by atoms with van der Waals surface area (Å²) >= 11 is 0. The number of nitrogens with two attached hydrogens (primary N) is 1. The minimum atomic E-state index is -0.616. The van der Waals surface area contributed by atoms with E-state index in [0.717, 1.165) is 12.8 Å². The van der Waals surface area contributed by atoms with E-state index in [1.807, 2.05) is 0 Å². The van der Waals surface area contributed by atoms with Crippen molar-refractivity contribution in [2.45, 2.75) is 24.8 Å². The van der Waals surface area contributed by atoms with Gasteiger partial charge in [0.1, 0.15) is 5.56 Å². The Kier molecular flexibility index (Phi) is 3.26. The first-order valence-corrected chi connectivity index (χ1v) is 5.73. The lowest BCUT2D eigenvalue weighted by Crippen LogP contribution is -2.24. The monoisotopic (exact) mass is 253 g/mol. The molecule has 1 saturated carbocycles. The zero-order valence-electron chi connectivity index (χ0n) is 10.5. The molecule has 0 atom stereocenters. The van der Waals surface area contributed by atoms with Crippen molar-refractivity contribution in [1.29, 1.82) is 0 Å². The summed E-state index contributed by atoms with van der Waals surface area (Å²) in [6.45, 7) is 0. The number of esters is 1. The Hall–Kier alpha value is -1.62. The normalized spacial score (nSPS) is 16.2. The Morgan fingerprint density at radius 1 is 1.44 bits per heavy atom. The van der Waals surface area contributed by atoms with E-state index in [1.165, 1.54) is 20.3 Å². The number of methoxy groups -OCH3 is 2. The Morgan fingerprint density at radius 3 is 2.61 bits per heavy atom. The van der Waals surface area contributed by atoms with E-state index in [2.05, 4.69) is 4.74 Å². The highest BCUT2D eigenvalue weighted by molar-refractivity contribution is 5.92. The summed E-state index contributed by atoms with van der Waals surface area (Å²) < 4.78 is 23.3. The van der Waals surface area contributed by atoms with E-state index in [1.54, 1.807) is 6.07 Å². The summed E-state index contributed by atoms with van der Waals surface area (Å²) in [5.74, 6) is -1.28. The Labute approximate surface area is 105 Å². The second kappa shape index (κ2) is 4.57. The van der Waals surface area contributed by atoms with Crippen LogP contribution in [0, 0.1) is 5.82 Å². The van der Waals surface area contributed by atoms with Crippen molar-refractivity contribution in [2.24, 2.45) is 5.73 Å². The molecule has 1 aliphatic carbocycles. The predicted molar refractivity (Wildman–Crippen MR) is 64.1 cm³/mol. The molecule has 18 heavy (non-hydrogen) atoms. The summed E-state index contributed by atoms with van der Waals surface area (Å²) in [5, 5.41) is 0. The molecule has 0 heterocycles. The number of halogens is 1. The van der Waals surface area contributed by atoms with Gasteiger partial charge in [-0.05, 0) is 37.0 Å². The van der Waals surface area contributed by atoms with Gasteiger partial charge in [0.25, 0.3) is 0 Å². The zero-order valence-corrected chi connectivity index (χ0v) is 10.5. The van der Waals surface area contributed by atoms with Gasteiger partial charge < -0.3 is 15.2 Å². The first-order valence-electron chi connectivity index (χ1n) is 5.73. The van der Waals surface area contributed by atoms with Gasteiger partial charge >= 0.3 is 5.97 Å². The van der Waals surface area contributed by atoms with Crippen LogP contribution in [0.15, 0.2) is 12.1 Å². The number of carbonyl (C=O) groups is 1. The Bertz CT molecular complexity index is 483. The van der Waals surface area contributed by atoms with Crippen LogP contribution in [0.3, 0.4) is 0 Å². The fraction of sp³-hybridized carbons (Fsp3) is 0.462. The summed E-state index contributed by atoms with van der Waals surface area (Å²) in [6, 6.07) is 2.94.